The van der Waals surface area contributed by atoms with Gasteiger partial charge in [0.15, 0.2) is 6.10 Å². The predicted molar refractivity (Wildman–Crippen MR) is 251 cm³/mol. The monoisotopic (exact) mass is 825 g/mol. The molecular weight excluding hydrogens is 733 g/mol. The highest BCUT2D eigenvalue weighted by Crippen LogP contribution is 2.13. The van der Waals surface area contributed by atoms with E-state index < -0.39 is 6.10 Å². The Labute approximate surface area is 364 Å². The van der Waals surface area contributed by atoms with E-state index in [9.17, 15) is 14.4 Å². The molecule has 0 rings (SSSR count). The van der Waals surface area contributed by atoms with Gasteiger partial charge in [0.1, 0.15) is 13.2 Å². The van der Waals surface area contributed by atoms with Gasteiger partial charge in [-0.15, -0.1) is 0 Å². The van der Waals surface area contributed by atoms with Crippen molar-refractivity contribution >= 4 is 17.9 Å². The Kier molecular flexibility index (Phi) is 45.4. The molecule has 0 aromatic carbocycles. The molecule has 0 saturated carbocycles. The molecule has 1 unspecified atom stereocenters. The van der Waals surface area contributed by atoms with E-state index in [1.165, 1.54) is 103 Å². The minimum absolute atomic E-state index is 0.102. The van der Waals surface area contributed by atoms with E-state index in [0.717, 1.165) is 96.3 Å². The topological polar surface area (TPSA) is 78.9 Å². The standard InChI is InChI=1S/C53H92O6/c1-4-7-10-13-16-19-21-23-25-27-29-31-34-37-40-43-46-52(55)58-49-50(48-57-51(54)45-42-39-36-33-18-15-12-9-6-3)59-53(56)47-44-41-38-35-32-30-28-26-24-22-20-17-14-11-8-5-2/h9,12,18,25-29,31,33,50H,4-8,10-11,13-17,19-24,30,32,34-49H2,1-3H3/b12-9-,27-25-,28-26-,31-29-,33-18-. The zero-order chi connectivity index (χ0) is 43.0. The maximum absolute atomic E-state index is 12.8. The number of hydrogen-bond donors (Lipinski definition) is 0. The highest BCUT2D eigenvalue weighted by molar-refractivity contribution is 5.71. The second kappa shape index (κ2) is 47.8. The maximum Gasteiger partial charge on any atom is 0.306 e. The van der Waals surface area contributed by atoms with Crippen molar-refractivity contribution in [2.45, 2.75) is 245 Å². The van der Waals surface area contributed by atoms with Crippen molar-refractivity contribution in [1.82, 2.24) is 0 Å². The smallest absolute Gasteiger partial charge is 0.306 e. The fourth-order valence-corrected chi connectivity index (χ4v) is 6.76. The van der Waals surface area contributed by atoms with Crippen LogP contribution in [0.15, 0.2) is 60.8 Å². The van der Waals surface area contributed by atoms with E-state index >= 15 is 0 Å². The highest BCUT2D eigenvalue weighted by atomic mass is 16.6. The summed E-state index contributed by atoms with van der Waals surface area (Å²) in [6, 6.07) is 0. The Morgan fingerprint density at radius 2 is 0.712 bits per heavy atom. The molecule has 0 spiro atoms. The van der Waals surface area contributed by atoms with Gasteiger partial charge < -0.3 is 14.2 Å². The first-order valence-electron chi connectivity index (χ1n) is 24.8. The summed E-state index contributed by atoms with van der Waals surface area (Å²) in [5.41, 5.74) is 0. The van der Waals surface area contributed by atoms with Crippen LogP contribution in [0.25, 0.3) is 0 Å². The van der Waals surface area contributed by atoms with Gasteiger partial charge in [0.05, 0.1) is 0 Å². The zero-order valence-electron chi connectivity index (χ0n) is 38.8. The average molecular weight is 825 g/mol. The molecule has 0 radical (unpaired) electrons. The third-order valence-electron chi connectivity index (χ3n) is 10.5. The molecular formula is C53H92O6. The molecule has 6 nitrogen and oxygen atoms in total. The van der Waals surface area contributed by atoms with Crippen molar-refractivity contribution in [3.63, 3.8) is 0 Å². The molecule has 0 aromatic rings. The van der Waals surface area contributed by atoms with Gasteiger partial charge in [-0.2, -0.15) is 0 Å². The van der Waals surface area contributed by atoms with E-state index in [2.05, 4.69) is 81.5 Å². The summed E-state index contributed by atoms with van der Waals surface area (Å²) in [7, 11) is 0. The van der Waals surface area contributed by atoms with Crippen LogP contribution >= 0.6 is 0 Å². The molecule has 1 atom stereocenters. The van der Waals surface area contributed by atoms with Gasteiger partial charge in [-0.3, -0.25) is 14.4 Å². The fraction of sp³-hybridized carbons (Fsp3) is 0.755. The molecule has 0 heterocycles. The van der Waals surface area contributed by atoms with Gasteiger partial charge in [-0.05, 0) is 96.3 Å². The lowest BCUT2D eigenvalue weighted by molar-refractivity contribution is -0.167. The van der Waals surface area contributed by atoms with Crippen LogP contribution in [0.5, 0.6) is 0 Å². The van der Waals surface area contributed by atoms with Crippen molar-refractivity contribution in [2.24, 2.45) is 0 Å². The Morgan fingerprint density at radius 3 is 1.19 bits per heavy atom. The molecule has 0 fully saturated rings. The Morgan fingerprint density at radius 1 is 0.373 bits per heavy atom. The first-order chi connectivity index (χ1) is 29.0. The lowest BCUT2D eigenvalue weighted by Crippen LogP contribution is -2.30. The van der Waals surface area contributed by atoms with E-state index in [0.29, 0.717) is 19.3 Å². The second-order valence-electron chi connectivity index (χ2n) is 16.4. The van der Waals surface area contributed by atoms with Crippen molar-refractivity contribution in [1.29, 1.82) is 0 Å². The van der Waals surface area contributed by atoms with Crippen LogP contribution in [0.3, 0.4) is 0 Å². The zero-order valence-corrected chi connectivity index (χ0v) is 38.8. The second-order valence-corrected chi connectivity index (χ2v) is 16.4. The summed E-state index contributed by atoms with van der Waals surface area (Å²) < 4.78 is 16.7. The van der Waals surface area contributed by atoms with Gasteiger partial charge in [-0.25, -0.2) is 0 Å². The molecule has 59 heavy (non-hydrogen) atoms. The number of carbonyl (C=O) groups excluding carboxylic acids is 3. The largest absolute Gasteiger partial charge is 0.462 e. The number of ether oxygens (including phenoxy) is 3. The number of rotatable bonds is 44. The lowest BCUT2D eigenvalue weighted by Gasteiger charge is -2.18. The molecule has 6 heteroatoms. The Hall–Kier alpha value is -2.89. The maximum atomic E-state index is 12.8. The SMILES string of the molecule is CC/C=C\C/C=C\CCCCC(=O)OCC(COC(=O)CCCCC/C=C\C=C/CCCCCCCCC)OC(=O)CCCCCCC/C=C\CCCCCCCCC. The van der Waals surface area contributed by atoms with E-state index in [-0.39, 0.29) is 31.1 Å². The summed E-state index contributed by atoms with van der Waals surface area (Å²) in [6.07, 6.45) is 57.9. The molecule has 0 aromatic heterocycles. The minimum Gasteiger partial charge on any atom is -0.462 e. The summed E-state index contributed by atoms with van der Waals surface area (Å²) >= 11 is 0. The number of esters is 3. The minimum atomic E-state index is -0.800. The number of allylic oxidation sites excluding steroid dienone is 10. The van der Waals surface area contributed by atoms with Gasteiger partial charge in [0.2, 0.25) is 0 Å². The molecule has 0 aliphatic rings. The van der Waals surface area contributed by atoms with Crippen molar-refractivity contribution < 1.29 is 28.6 Å². The fourth-order valence-electron chi connectivity index (χ4n) is 6.76. The van der Waals surface area contributed by atoms with Crippen LogP contribution in [-0.4, -0.2) is 37.2 Å². The van der Waals surface area contributed by atoms with Gasteiger partial charge >= 0.3 is 17.9 Å². The Balaban J connectivity index is 4.41. The summed E-state index contributed by atoms with van der Waals surface area (Å²) in [5.74, 6) is -0.971. The molecule has 0 aliphatic heterocycles. The van der Waals surface area contributed by atoms with Gasteiger partial charge in [-0.1, -0.05) is 184 Å². The van der Waals surface area contributed by atoms with Crippen molar-refractivity contribution in [3.05, 3.63) is 60.8 Å². The number of unbranched alkanes of at least 4 members (excludes halogenated alkanes) is 24. The molecule has 0 amide bonds. The lowest BCUT2D eigenvalue weighted by atomic mass is 10.1. The van der Waals surface area contributed by atoms with Crippen LogP contribution in [0.1, 0.15) is 239 Å². The van der Waals surface area contributed by atoms with E-state index in [1.807, 2.05) is 0 Å². The van der Waals surface area contributed by atoms with Crippen LogP contribution in [0.2, 0.25) is 0 Å². The quantitative estimate of drug-likeness (QED) is 0.0200. The molecule has 0 aliphatic carbocycles. The van der Waals surface area contributed by atoms with Crippen LogP contribution in [0, 0.1) is 0 Å². The first kappa shape index (κ1) is 56.1. The molecule has 0 bridgehead atoms. The summed E-state index contributed by atoms with van der Waals surface area (Å²) in [5, 5.41) is 0. The van der Waals surface area contributed by atoms with E-state index in [4.69, 9.17) is 14.2 Å². The third kappa shape index (κ3) is 46.0. The summed E-state index contributed by atoms with van der Waals surface area (Å²) in [4.78, 5) is 37.8. The van der Waals surface area contributed by atoms with Crippen molar-refractivity contribution in [2.75, 3.05) is 13.2 Å². The van der Waals surface area contributed by atoms with Crippen molar-refractivity contribution in [3.8, 4) is 0 Å². The Bertz CT molecular complexity index is 1090. The predicted octanol–water partition coefficient (Wildman–Crippen LogP) is 16.1. The number of hydrogen-bond acceptors (Lipinski definition) is 6. The molecule has 0 saturated heterocycles. The molecule has 340 valence electrons. The van der Waals surface area contributed by atoms with Gasteiger partial charge in [0, 0.05) is 19.3 Å². The van der Waals surface area contributed by atoms with Crippen LogP contribution in [-0.2, 0) is 28.6 Å². The van der Waals surface area contributed by atoms with Crippen LogP contribution < -0.4 is 0 Å². The first-order valence-corrected chi connectivity index (χ1v) is 24.8. The van der Waals surface area contributed by atoms with Gasteiger partial charge in [0.25, 0.3) is 0 Å². The number of carbonyl (C=O) groups is 3. The highest BCUT2D eigenvalue weighted by Gasteiger charge is 2.19. The average Bonchev–Trinajstić information content (AvgIpc) is 3.23. The normalized spacial score (nSPS) is 12.5. The third-order valence-corrected chi connectivity index (χ3v) is 10.5. The summed E-state index contributed by atoms with van der Waals surface area (Å²) in [6.45, 7) is 6.44. The van der Waals surface area contributed by atoms with E-state index in [1.54, 1.807) is 0 Å². The van der Waals surface area contributed by atoms with Crippen LogP contribution in [0.4, 0.5) is 0 Å². The molecule has 0 N–H and O–H groups in total.